The van der Waals surface area contributed by atoms with Crippen molar-refractivity contribution < 1.29 is 43.3 Å². The van der Waals surface area contributed by atoms with Gasteiger partial charge in [0.25, 0.3) is 5.91 Å². The van der Waals surface area contributed by atoms with Crippen molar-refractivity contribution >= 4 is 35.4 Å². The third-order valence-electron chi connectivity index (χ3n) is 5.73. The van der Waals surface area contributed by atoms with Crippen molar-refractivity contribution in [3.05, 3.63) is 23.8 Å². The SMILES string of the molecule is CCCCCC1C(=O)OC(C)C(NC(=O)c2cccc(NC(C)=O)c2O)C(=O)OCC1OC(=O)CC. The molecule has 0 bridgehead atoms. The summed E-state index contributed by atoms with van der Waals surface area (Å²) < 4.78 is 16.3. The van der Waals surface area contributed by atoms with Gasteiger partial charge in [0.15, 0.2) is 11.8 Å². The van der Waals surface area contributed by atoms with Gasteiger partial charge < -0.3 is 30.0 Å². The molecule has 0 aliphatic carbocycles. The number of carbonyl (C=O) groups excluding carboxylic acids is 5. The Morgan fingerprint density at radius 1 is 1.14 bits per heavy atom. The summed E-state index contributed by atoms with van der Waals surface area (Å²) in [6.07, 6.45) is 0.763. The van der Waals surface area contributed by atoms with Crippen LogP contribution in [0.2, 0.25) is 0 Å². The summed E-state index contributed by atoms with van der Waals surface area (Å²) in [5.41, 5.74) is -0.193. The van der Waals surface area contributed by atoms with Crippen LogP contribution >= 0.6 is 0 Å². The average Bonchev–Trinajstić information content (AvgIpc) is 2.86. The Hall–Kier alpha value is -3.63. The van der Waals surface area contributed by atoms with E-state index in [0.717, 1.165) is 12.8 Å². The van der Waals surface area contributed by atoms with E-state index in [1.54, 1.807) is 6.92 Å². The average molecular weight is 507 g/mol. The molecule has 36 heavy (non-hydrogen) atoms. The first-order chi connectivity index (χ1) is 17.1. The number of ether oxygens (including phenoxy) is 3. The number of unbranched alkanes of at least 4 members (excludes halogenated alkanes) is 2. The molecule has 1 aliphatic heterocycles. The predicted molar refractivity (Wildman–Crippen MR) is 128 cm³/mol. The molecule has 1 fully saturated rings. The summed E-state index contributed by atoms with van der Waals surface area (Å²) in [6.45, 7) is 5.92. The van der Waals surface area contributed by atoms with Crippen LogP contribution in [-0.2, 0) is 33.4 Å². The highest BCUT2D eigenvalue weighted by Crippen LogP contribution is 2.28. The smallest absolute Gasteiger partial charge is 0.332 e. The number of hydrogen-bond acceptors (Lipinski definition) is 9. The molecule has 11 heteroatoms. The zero-order chi connectivity index (χ0) is 26.8. The van der Waals surface area contributed by atoms with Crippen LogP contribution < -0.4 is 10.6 Å². The first-order valence-electron chi connectivity index (χ1n) is 12.1. The first kappa shape index (κ1) is 28.6. The Labute approximate surface area is 209 Å². The number of benzene rings is 1. The summed E-state index contributed by atoms with van der Waals surface area (Å²) in [6, 6.07) is 2.75. The molecule has 1 aromatic carbocycles. The van der Waals surface area contributed by atoms with Gasteiger partial charge in [-0.15, -0.1) is 0 Å². The third kappa shape index (κ3) is 7.69. The van der Waals surface area contributed by atoms with E-state index >= 15 is 0 Å². The molecule has 0 spiro atoms. The zero-order valence-corrected chi connectivity index (χ0v) is 21.0. The Balaban J connectivity index is 2.27. The van der Waals surface area contributed by atoms with Crippen LogP contribution in [0.3, 0.4) is 0 Å². The van der Waals surface area contributed by atoms with Gasteiger partial charge in [-0.1, -0.05) is 39.2 Å². The maximum atomic E-state index is 13.0. The van der Waals surface area contributed by atoms with Crippen molar-refractivity contribution in [2.75, 3.05) is 11.9 Å². The molecule has 0 radical (unpaired) electrons. The Bertz CT molecular complexity index is 978. The lowest BCUT2D eigenvalue weighted by molar-refractivity contribution is -0.167. The Kier molecular flexibility index (Phi) is 10.7. The van der Waals surface area contributed by atoms with Crippen LogP contribution in [0.4, 0.5) is 5.69 Å². The number of phenols is 1. The molecular weight excluding hydrogens is 472 g/mol. The van der Waals surface area contributed by atoms with Crippen LogP contribution in [0, 0.1) is 5.92 Å². The van der Waals surface area contributed by atoms with Gasteiger partial charge in [-0.2, -0.15) is 0 Å². The maximum Gasteiger partial charge on any atom is 0.332 e. The van der Waals surface area contributed by atoms with E-state index in [1.165, 1.54) is 32.0 Å². The quantitative estimate of drug-likeness (QED) is 0.198. The molecule has 0 saturated carbocycles. The van der Waals surface area contributed by atoms with E-state index in [-0.39, 0.29) is 24.3 Å². The van der Waals surface area contributed by atoms with Crippen LogP contribution in [0.15, 0.2) is 18.2 Å². The van der Waals surface area contributed by atoms with E-state index in [4.69, 9.17) is 14.2 Å². The second kappa shape index (κ2) is 13.5. The molecule has 11 nitrogen and oxygen atoms in total. The van der Waals surface area contributed by atoms with Gasteiger partial charge in [0.1, 0.15) is 18.8 Å². The van der Waals surface area contributed by atoms with E-state index in [0.29, 0.717) is 12.8 Å². The van der Waals surface area contributed by atoms with Crippen molar-refractivity contribution in [2.45, 2.75) is 78.0 Å². The fourth-order valence-corrected chi connectivity index (χ4v) is 3.75. The summed E-state index contributed by atoms with van der Waals surface area (Å²) in [5, 5.41) is 15.2. The molecule has 3 N–H and O–H groups in total. The maximum absolute atomic E-state index is 13.0. The van der Waals surface area contributed by atoms with Gasteiger partial charge in [-0.3, -0.25) is 19.2 Å². The summed E-state index contributed by atoms with van der Waals surface area (Å²) in [4.78, 5) is 62.1. The number of amides is 2. The number of aromatic hydroxyl groups is 1. The fraction of sp³-hybridized carbons (Fsp3) is 0.560. The van der Waals surface area contributed by atoms with Gasteiger partial charge in [0.05, 0.1) is 17.2 Å². The molecule has 4 unspecified atom stereocenters. The van der Waals surface area contributed by atoms with E-state index < -0.39 is 59.6 Å². The molecule has 198 valence electrons. The van der Waals surface area contributed by atoms with Crippen molar-refractivity contribution in [3.63, 3.8) is 0 Å². The van der Waals surface area contributed by atoms with Crippen LogP contribution in [0.5, 0.6) is 5.75 Å². The second-order valence-electron chi connectivity index (χ2n) is 8.59. The number of anilines is 1. The van der Waals surface area contributed by atoms with E-state index in [9.17, 15) is 29.1 Å². The number of cyclic esters (lactones) is 2. The Morgan fingerprint density at radius 3 is 2.50 bits per heavy atom. The van der Waals surface area contributed by atoms with Crippen LogP contribution in [0.25, 0.3) is 0 Å². The lowest BCUT2D eigenvalue weighted by Gasteiger charge is -2.25. The molecule has 4 atom stereocenters. The molecule has 2 amide bonds. The Morgan fingerprint density at radius 2 is 1.86 bits per heavy atom. The zero-order valence-electron chi connectivity index (χ0n) is 21.0. The third-order valence-corrected chi connectivity index (χ3v) is 5.73. The topological polar surface area (TPSA) is 157 Å². The fourth-order valence-electron chi connectivity index (χ4n) is 3.75. The lowest BCUT2D eigenvalue weighted by Crippen LogP contribution is -2.49. The molecule has 1 aliphatic rings. The molecule has 2 rings (SSSR count). The molecule has 1 saturated heterocycles. The van der Waals surface area contributed by atoms with Gasteiger partial charge in [-0.05, 0) is 25.5 Å². The minimum atomic E-state index is -1.40. The van der Waals surface area contributed by atoms with Crippen molar-refractivity contribution in [2.24, 2.45) is 5.92 Å². The van der Waals surface area contributed by atoms with Gasteiger partial charge in [0.2, 0.25) is 5.91 Å². The van der Waals surface area contributed by atoms with Gasteiger partial charge >= 0.3 is 17.9 Å². The number of rotatable bonds is 9. The predicted octanol–water partition coefficient (Wildman–Crippen LogP) is 2.46. The number of phenolic OH excluding ortho intramolecular Hbond substituents is 1. The first-order valence-corrected chi connectivity index (χ1v) is 12.1. The number of esters is 3. The van der Waals surface area contributed by atoms with Crippen LogP contribution in [-0.4, -0.2) is 59.7 Å². The summed E-state index contributed by atoms with van der Waals surface area (Å²) in [7, 11) is 0. The highest BCUT2D eigenvalue weighted by molar-refractivity contribution is 6.02. The van der Waals surface area contributed by atoms with Gasteiger partial charge in [-0.25, -0.2) is 4.79 Å². The molecule has 0 aromatic heterocycles. The highest BCUT2D eigenvalue weighted by atomic mass is 16.6. The van der Waals surface area contributed by atoms with Crippen LogP contribution in [0.1, 0.15) is 70.2 Å². The molecule has 1 aromatic rings. The molecule has 1 heterocycles. The number of para-hydroxylation sites is 1. The van der Waals surface area contributed by atoms with Crippen molar-refractivity contribution in [3.8, 4) is 5.75 Å². The van der Waals surface area contributed by atoms with Crippen molar-refractivity contribution in [1.82, 2.24) is 5.32 Å². The number of hydrogen-bond donors (Lipinski definition) is 3. The number of nitrogens with one attached hydrogen (secondary N) is 2. The van der Waals surface area contributed by atoms with Gasteiger partial charge in [0, 0.05) is 13.3 Å². The standard InChI is InChI=1S/C25H34N2O9/c1-5-7-8-10-16-19(36-20(29)6-2)13-34-25(33)21(14(3)35-24(16)32)27-23(31)17-11-9-12-18(22(17)30)26-15(4)28/h9,11-12,14,16,19,21,30H,5-8,10,13H2,1-4H3,(H,26,28)(H,27,31). The number of carbonyl (C=O) groups is 5. The molecular formula is C25H34N2O9. The normalized spacial score (nSPS) is 22.2. The van der Waals surface area contributed by atoms with E-state index in [1.807, 2.05) is 6.92 Å². The minimum Gasteiger partial charge on any atom is -0.505 e. The monoisotopic (exact) mass is 506 g/mol. The second-order valence-corrected chi connectivity index (χ2v) is 8.59. The van der Waals surface area contributed by atoms with E-state index in [2.05, 4.69) is 10.6 Å². The minimum absolute atomic E-state index is 0.0159. The summed E-state index contributed by atoms with van der Waals surface area (Å²) >= 11 is 0. The van der Waals surface area contributed by atoms with Crippen molar-refractivity contribution in [1.29, 1.82) is 0 Å². The lowest BCUT2D eigenvalue weighted by atomic mass is 9.95. The highest BCUT2D eigenvalue weighted by Gasteiger charge is 2.40. The largest absolute Gasteiger partial charge is 0.505 e. The summed E-state index contributed by atoms with van der Waals surface area (Å²) in [5.74, 6) is -4.74.